The minimum Gasteiger partial charge on any atom is -0.217 e. The molecular weight excluding hydrogens is 246 g/mol. The van der Waals surface area contributed by atoms with Crippen molar-refractivity contribution < 1.29 is 0 Å². The van der Waals surface area contributed by atoms with E-state index in [9.17, 15) is 0 Å². The molecule has 0 aliphatic rings. The normalized spacial score (nSPS) is 10.8. The van der Waals surface area contributed by atoms with Crippen LogP contribution in [0.4, 0.5) is 0 Å². The molecule has 3 rings (SSSR count). The highest BCUT2D eigenvalue weighted by molar-refractivity contribution is 5.67. The molecule has 20 heavy (non-hydrogen) atoms. The molecule has 0 spiro atoms. The number of hydrogen-bond donors (Lipinski definition) is 0. The third-order valence-electron chi connectivity index (χ3n) is 2.85. The fraction of sp³-hybridized carbons (Fsp3) is 0. The van der Waals surface area contributed by atoms with Crippen molar-refractivity contribution in [3.05, 3.63) is 78.4 Å². The highest BCUT2D eigenvalue weighted by atomic mass is 15.0. The van der Waals surface area contributed by atoms with E-state index in [0.717, 1.165) is 11.1 Å². The van der Waals surface area contributed by atoms with Crippen LogP contribution in [0.1, 0.15) is 11.4 Å². The molecule has 0 N–H and O–H groups in total. The van der Waals surface area contributed by atoms with Crippen molar-refractivity contribution in [2.24, 2.45) is 0 Å². The van der Waals surface area contributed by atoms with Crippen molar-refractivity contribution in [2.45, 2.75) is 0 Å². The Labute approximate surface area is 117 Å². The Bertz CT molecular complexity index is 707. The Morgan fingerprint density at radius 1 is 0.700 bits per heavy atom. The maximum Gasteiger partial charge on any atom is 0.163 e. The summed E-state index contributed by atoms with van der Waals surface area (Å²) in [5.74, 6) is 1.34. The first kappa shape index (κ1) is 12.2. The van der Waals surface area contributed by atoms with Crippen LogP contribution >= 0.6 is 0 Å². The number of rotatable bonds is 3. The quantitative estimate of drug-likeness (QED) is 0.719. The molecule has 0 unspecified atom stereocenters. The van der Waals surface area contributed by atoms with Gasteiger partial charge in [0, 0.05) is 5.56 Å². The van der Waals surface area contributed by atoms with Crippen LogP contribution in [0.3, 0.4) is 0 Å². The zero-order valence-corrected chi connectivity index (χ0v) is 10.8. The number of hydrogen-bond acceptors (Lipinski definition) is 3. The summed E-state index contributed by atoms with van der Waals surface area (Å²) in [7, 11) is 0. The molecule has 2 aromatic carbocycles. The minimum atomic E-state index is 0.655. The predicted octanol–water partition coefficient (Wildman–Crippen LogP) is 3.71. The topological polar surface area (TPSA) is 38.7 Å². The molecule has 0 fully saturated rings. The maximum atomic E-state index is 4.45. The van der Waals surface area contributed by atoms with Crippen LogP contribution in [0.15, 0.2) is 67.0 Å². The van der Waals surface area contributed by atoms with Crippen molar-refractivity contribution in [1.29, 1.82) is 0 Å². The predicted molar refractivity (Wildman–Crippen MR) is 80.6 cm³/mol. The summed E-state index contributed by atoms with van der Waals surface area (Å²) in [6, 6.07) is 20.0. The van der Waals surface area contributed by atoms with E-state index in [1.807, 2.05) is 72.8 Å². The van der Waals surface area contributed by atoms with Crippen LogP contribution in [0.5, 0.6) is 0 Å². The monoisotopic (exact) mass is 259 g/mol. The van der Waals surface area contributed by atoms with Crippen LogP contribution in [-0.2, 0) is 0 Å². The number of aromatic nitrogens is 3. The molecule has 1 heterocycles. The lowest BCUT2D eigenvalue weighted by molar-refractivity contribution is 1.04. The van der Waals surface area contributed by atoms with Crippen molar-refractivity contribution in [1.82, 2.24) is 15.0 Å². The third kappa shape index (κ3) is 2.95. The minimum absolute atomic E-state index is 0.655. The maximum absolute atomic E-state index is 4.45. The Morgan fingerprint density at radius 3 is 2.15 bits per heavy atom. The molecule has 96 valence electrons. The molecule has 1 aromatic heterocycles. The van der Waals surface area contributed by atoms with Gasteiger partial charge in [-0.3, -0.25) is 0 Å². The van der Waals surface area contributed by atoms with E-state index in [1.54, 1.807) is 6.33 Å². The standard InChI is InChI=1S/C17H13N3/c1-3-7-14(8-4-1)11-12-16-18-13-19-17(20-16)15-9-5-2-6-10-15/h1-13H. The van der Waals surface area contributed by atoms with Gasteiger partial charge in [-0.25, -0.2) is 15.0 Å². The number of benzene rings is 2. The first-order valence-corrected chi connectivity index (χ1v) is 6.39. The van der Waals surface area contributed by atoms with Gasteiger partial charge in [0.05, 0.1) is 0 Å². The van der Waals surface area contributed by atoms with Gasteiger partial charge in [0.1, 0.15) is 6.33 Å². The van der Waals surface area contributed by atoms with E-state index >= 15 is 0 Å². The zero-order chi connectivity index (χ0) is 13.6. The van der Waals surface area contributed by atoms with E-state index in [1.165, 1.54) is 0 Å². The number of nitrogens with zero attached hydrogens (tertiary/aromatic N) is 3. The van der Waals surface area contributed by atoms with Gasteiger partial charge in [-0.2, -0.15) is 0 Å². The van der Waals surface area contributed by atoms with Crippen molar-refractivity contribution >= 4 is 12.2 Å². The van der Waals surface area contributed by atoms with Gasteiger partial charge < -0.3 is 0 Å². The summed E-state index contributed by atoms with van der Waals surface area (Å²) in [5.41, 5.74) is 2.11. The van der Waals surface area contributed by atoms with Crippen LogP contribution in [0.25, 0.3) is 23.5 Å². The summed E-state index contributed by atoms with van der Waals surface area (Å²) in [4.78, 5) is 12.8. The van der Waals surface area contributed by atoms with E-state index < -0.39 is 0 Å². The van der Waals surface area contributed by atoms with Gasteiger partial charge in [-0.1, -0.05) is 66.7 Å². The molecule has 3 aromatic rings. The van der Waals surface area contributed by atoms with Gasteiger partial charge in [0.2, 0.25) is 0 Å². The van der Waals surface area contributed by atoms with E-state index in [0.29, 0.717) is 11.6 Å². The lowest BCUT2D eigenvalue weighted by Crippen LogP contribution is -1.94. The summed E-state index contributed by atoms with van der Waals surface area (Å²) in [6.07, 6.45) is 5.42. The summed E-state index contributed by atoms with van der Waals surface area (Å²) >= 11 is 0. The molecular formula is C17H13N3. The van der Waals surface area contributed by atoms with E-state index in [2.05, 4.69) is 15.0 Å². The third-order valence-corrected chi connectivity index (χ3v) is 2.85. The van der Waals surface area contributed by atoms with Crippen LogP contribution in [-0.4, -0.2) is 15.0 Å². The smallest absolute Gasteiger partial charge is 0.163 e. The molecule has 3 heteroatoms. The van der Waals surface area contributed by atoms with Crippen LogP contribution < -0.4 is 0 Å². The highest BCUT2D eigenvalue weighted by Crippen LogP contribution is 2.13. The molecule has 0 amide bonds. The second-order valence-corrected chi connectivity index (χ2v) is 4.28. The van der Waals surface area contributed by atoms with Crippen LogP contribution in [0.2, 0.25) is 0 Å². The van der Waals surface area contributed by atoms with Gasteiger partial charge in [-0.15, -0.1) is 0 Å². The summed E-state index contributed by atoms with van der Waals surface area (Å²) < 4.78 is 0. The SMILES string of the molecule is C(=Cc1ncnc(-c2ccccc2)n1)c1ccccc1. The van der Waals surface area contributed by atoms with Gasteiger partial charge in [-0.05, 0) is 11.6 Å². The fourth-order valence-electron chi connectivity index (χ4n) is 1.85. The molecule has 0 bridgehead atoms. The molecule has 3 nitrogen and oxygen atoms in total. The molecule has 0 atom stereocenters. The van der Waals surface area contributed by atoms with Crippen LogP contribution in [0, 0.1) is 0 Å². The average molecular weight is 259 g/mol. The van der Waals surface area contributed by atoms with Crippen molar-refractivity contribution in [3.8, 4) is 11.4 Å². The molecule has 0 saturated heterocycles. The zero-order valence-electron chi connectivity index (χ0n) is 10.8. The average Bonchev–Trinajstić information content (AvgIpc) is 2.55. The van der Waals surface area contributed by atoms with E-state index in [-0.39, 0.29) is 0 Å². The lowest BCUT2D eigenvalue weighted by Gasteiger charge is -1.99. The van der Waals surface area contributed by atoms with Crippen molar-refractivity contribution in [3.63, 3.8) is 0 Å². The van der Waals surface area contributed by atoms with Gasteiger partial charge >= 0.3 is 0 Å². The Balaban J connectivity index is 1.87. The second-order valence-electron chi connectivity index (χ2n) is 4.28. The fourth-order valence-corrected chi connectivity index (χ4v) is 1.85. The summed E-state index contributed by atoms with van der Waals surface area (Å²) in [5, 5.41) is 0. The molecule has 0 radical (unpaired) electrons. The van der Waals surface area contributed by atoms with Gasteiger partial charge in [0.25, 0.3) is 0 Å². The molecule has 0 aliphatic carbocycles. The Hall–Kier alpha value is -2.81. The Morgan fingerprint density at radius 2 is 1.40 bits per heavy atom. The van der Waals surface area contributed by atoms with Gasteiger partial charge in [0.15, 0.2) is 11.6 Å². The highest BCUT2D eigenvalue weighted by Gasteiger charge is 2.00. The largest absolute Gasteiger partial charge is 0.217 e. The van der Waals surface area contributed by atoms with Crippen molar-refractivity contribution in [2.75, 3.05) is 0 Å². The molecule has 0 saturated carbocycles. The first-order valence-electron chi connectivity index (χ1n) is 6.39. The first-order chi connectivity index (χ1) is 9.92. The lowest BCUT2D eigenvalue weighted by atomic mass is 10.2. The Kier molecular flexibility index (Phi) is 3.60. The summed E-state index contributed by atoms with van der Waals surface area (Å²) in [6.45, 7) is 0. The second kappa shape index (κ2) is 5.89. The van der Waals surface area contributed by atoms with E-state index in [4.69, 9.17) is 0 Å². The molecule has 0 aliphatic heterocycles.